The third-order valence-electron chi connectivity index (χ3n) is 7.13. The molecule has 0 spiro atoms. The van der Waals surface area contributed by atoms with E-state index in [4.69, 9.17) is 0 Å². The molecule has 3 unspecified atom stereocenters. The minimum absolute atomic E-state index is 0.534. The van der Waals surface area contributed by atoms with Crippen LogP contribution in [0.2, 0.25) is 0 Å². The van der Waals surface area contributed by atoms with Crippen LogP contribution in [-0.2, 0) is 0 Å². The Morgan fingerprint density at radius 2 is 1.55 bits per heavy atom. The van der Waals surface area contributed by atoms with E-state index in [2.05, 4.69) is 70.2 Å². The van der Waals surface area contributed by atoms with E-state index in [1.807, 2.05) is 0 Å². The van der Waals surface area contributed by atoms with Crippen molar-refractivity contribution in [3.05, 3.63) is 59.2 Å². The van der Waals surface area contributed by atoms with E-state index < -0.39 is 0 Å². The van der Waals surface area contributed by atoms with Crippen LogP contribution in [0.4, 0.5) is 0 Å². The van der Waals surface area contributed by atoms with Crippen molar-refractivity contribution in [2.75, 3.05) is 0 Å². The summed E-state index contributed by atoms with van der Waals surface area (Å²) in [6, 6.07) is 18.3. The summed E-state index contributed by atoms with van der Waals surface area (Å²) in [6.07, 6.45) is 13.1. The van der Waals surface area contributed by atoms with E-state index in [0.29, 0.717) is 11.8 Å². The Hall–Kier alpha value is -1.56. The van der Waals surface area contributed by atoms with Gasteiger partial charge in [0, 0.05) is 5.92 Å². The number of fused-ring (bicyclic) bond motifs is 3. The van der Waals surface area contributed by atoms with E-state index >= 15 is 0 Å². The van der Waals surface area contributed by atoms with Crippen LogP contribution < -0.4 is 0 Å². The maximum absolute atomic E-state index is 3.75. The molecule has 3 rings (SSSR count). The van der Waals surface area contributed by atoms with Gasteiger partial charge in [0.25, 0.3) is 0 Å². The first kappa shape index (κ1) is 22.1. The summed E-state index contributed by atoms with van der Waals surface area (Å²) in [5.41, 5.74) is 7.60. The molecule has 1 aliphatic carbocycles. The first-order valence-electron chi connectivity index (χ1n) is 12.3. The van der Waals surface area contributed by atoms with Gasteiger partial charge in [-0.25, -0.2) is 0 Å². The molecule has 1 aliphatic rings. The van der Waals surface area contributed by atoms with Crippen LogP contribution in [0.25, 0.3) is 11.1 Å². The molecule has 0 N–H and O–H groups in total. The standard InChI is InChI=1S/C29H40/c1-5-9-11-16-22(7-3)24-20-15-21-27-25-18-13-14-19-26(25)28(29(24)27)23(8-4)17-12-10-6-2/h13,15,18-19,21-23,28H,5-12,16-17H2,1-4H3. The average Bonchev–Trinajstić information content (AvgIpc) is 3.09. The van der Waals surface area contributed by atoms with Gasteiger partial charge in [-0.05, 0) is 77.1 Å². The highest BCUT2D eigenvalue weighted by Gasteiger charge is 2.36. The lowest BCUT2D eigenvalue weighted by atomic mass is 9.75. The second-order valence-electron chi connectivity index (χ2n) is 8.97. The minimum atomic E-state index is 0.534. The second-order valence-corrected chi connectivity index (χ2v) is 8.97. The van der Waals surface area contributed by atoms with Crippen LogP contribution in [0.5, 0.6) is 0 Å². The predicted molar refractivity (Wildman–Crippen MR) is 126 cm³/mol. The van der Waals surface area contributed by atoms with Crippen molar-refractivity contribution in [2.45, 2.75) is 104 Å². The van der Waals surface area contributed by atoms with E-state index in [9.17, 15) is 0 Å². The molecule has 0 heteroatoms. The first-order chi connectivity index (χ1) is 14.3. The Morgan fingerprint density at radius 1 is 0.828 bits per heavy atom. The molecule has 2 radical (unpaired) electrons. The molecule has 0 amide bonds. The Bertz CT molecular complexity index is 756. The predicted octanol–water partition coefficient (Wildman–Crippen LogP) is 9.08. The molecule has 2 aromatic carbocycles. The molecule has 0 saturated heterocycles. The molecule has 0 bridgehead atoms. The summed E-state index contributed by atoms with van der Waals surface area (Å²) in [6.45, 7) is 9.38. The molecular weight excluding hydrogens is 348 g/mol. The number of rotatable bonds is 12. The zero-order valence-electron chi connectivity index (χ0n) is 19.2. The van der Waals surface area contributed by atoms with Gasteiger partial charge in [0.2, 0.25) is 0 Å². The van der Waals surface area contributed by atoms with Crippen LogP contribution in [0, 0.1) is 18.1 Å². The van der Waals surface area contributed by atoms with Gasteiger partial charge < -0.3 is 0 Å². The minimum Gasteiger partial charge on any atom is -0.0654 e. The molecule has 3 atom stereocenters. The van der Waals surface area contributed by atoms with Crippen LogP contribution in [-0.4, -0.2) is 0 Å². The highest BCUT2D eigenvalue weighted by atomic mass is 14.4. The van der Waals surface area contributed by atoms with E-state index in [1.165, 1.54) is 86.5 Å². The molecule has 0 fully saturated rings. The third kappa shape index (κ3) is 4.79. The molecule has 0 saturated carbocycles. The largest absolute Gasteiger partial charge is 0.0654 e. The van der Waals surface area contributed by atoms with E-state index in [-0.39, 0.29) is 0 Å². The Balaban J connectivity index is 2.02. The summed E-state index contributed by atoms with van der Waals surface area (Å²) in [5, 5.41) is 0. The van der Waals surface area contributed by atoms with Gasteiger partial charge in [-0.3, -0.25) is 0 Å². The number of unbranched alkanes of at least 4 members (excludes halogenated alkanes) is 4. The molecule has 156 valence electrons. The van der Waals surface area contributed by atoms with Crippen LogP contribution in [0.1, 0.15) is 120 Å². The fourth-order valence-electron chi connectivity index (χ4n) is 5.48. The van der Waals surface area contributed by atoms with Gasteiger partial charge in [-0.15, -0.1) is 0 Å². The second kappa shape index (κ2) is 11.0. The number of hydrogen-bond donors (Lipinski definition) is 0. The molecule has 0 nitrogen and oxygen atoms in total. The quantitative estimate of drug-likeness (QED) is 0.318. The Labute approximate surface area is 180 Å². The van der Waals surface area contributed by atoms with E-state index in [1.54, 1.807) is 5.56 Å². The van der Waals surface area contributed by atoms with Crippen molar-refractivity contribution < 1.29 is 0 Å². The smallest absolute Gasteiger partial charge is 0.0133 e. The molecule has 0 aromatic heterocycles. The van der Waals surface area contributed by atoms with Crippen molar-refractivity contribution in [1.82, 2.24) is 0 Å². The highest BCUT2D eigenvalue weighted by molar-refractivity contribution is 5.80. The van der Waals surface area contributed by atoms with Gasteiger partial charge in [0.15, 0.2) is 0 Å². The molecule has 0 heterocycles. The van der Waals surface area contributed by atoms with Crippen LogP contribution in [0.15, 0.2) is 30.3 Å². The SMILES string of the molecule is CCCCCC(CC)c1[c]ccc2c1C(C(CC)CCCCC)c1c[c]ccc1-2. The summed E-state index contributed by atoms with van der Waals surface area (Å²) >= 11 is 0. The van der Waals surface area contributed by atoms with Gasteiger partial charge in [0.05, 0.1) is 0 Å². The fourth-order valence-corrected chi connectivity index (χ4v) is 5.48. The molecular formula is C29H40. The molecule has 29 heavy (non-hydrogen) atoms. The monoisotopic (exact) mass is 388 g/mol. The Kier molecular flexibility index (Phi) is 8.40. The fraction of sp³-hybridized carbons (Fsp3) is 0.586. The lowest BCUT2D eigenvalue weighted by Crippen LogP contribution is -2.15. The number of benzene rings is 2. The van der Waals surface area contributed by atoms with Gasteiger partial charge in [-0.2, -0.15) is 0 Å². The van der Waals surface area contributed by atoms with Crippen molar-refractivity contribution in [3.8, 4) is 11.1 Å². The number of hydrogen-bond acceptors (Lipinski definition) is 0. The maximum atomic E-state index is 3.75. The Morgan fingerprint density at radius 3 is 2.24 bits per heavy atom. The van der Waals surface area contributed by atoms with Gasteiger partial charge >= 0.3 is 0 Å². The third-order valence-corrected chi connectivity index (χ3v) is 7.13. The topological polar surface area (TPSA) is 0 Å². The maximum Gasteiger partial charge on any atom is 0.0133 e. The molecule has 0 aliphatic heterocycles. The zero-order chi connectivity index (χ0) is 20.6. The van der Waals surface area contributed by atoms with E-state index in [0.717, 1.165) is 5.92 Å². The normalized spacial score (nSPS) is 17.0. The van der Waals surface area contributed by atoms with Crippen molar-refractivity contribution in [3.63, 3.8) is 0 Å². The summed E-state index contributed by atoms with van der Waals surface area (Å²) in [4.78, 5) is 0. The van der Waals surface area contributed by atoms with Gasteiger partial charge in [0.1, 0.15) is 0 Å². The summed E-state index contributed by atoms with van der Waals surface area (Å²) in [5.74, 6) is 1.90. The average molecular weight is 389 g/mol. The van der Waals surface area contributed by atoms with Gasteiger partial charge in [-0.1, -0.05) is 96.9 Å². The van der Waals surface area contributed by atoms with Crippen LogP contribution >= 0.6 is 0 Å². The van der Waals surface area contributed by atoms with Crippen molar-refractivity contribution >= 4 is 0 Å². The first-order valence-corrected chi connectivity index (χ1v) is 12.3. The van der Waals surface area contributed by atoms with Crippen LogP contribution in [0.3, 0.4) is 0 Å². The zero-order valence-corrected chi connectivity index (χ0v) is 19.2. The van der Waals surface area contributed by atoms with Crippen molar-refractivity contribution in [2.24, 2.45) is 5.92 Å². The summed E-state index contributed by atoms with van der Waals surface area (Å²) in [7, 11) is 0. The lowest BCUT2D eigenvalue weighted by molar-refractivity contribution is 0.402. The summed E-state index contributed by atoms with van der Waals surface area (Å²) < 4.78 is 0. The van der Waals surface area contributed by atoms with Crippen molar-refractivity contribution in [1.29, 1.82) is 0 Å². The lowest BCUT2D eigenvalue weighted by Gasteiger charge is -2.28. The molecule has 2 aromatic rings. The highest BCUT2D eigenvalue weighted by Crippen LogP contribution is 2.52.